The highest BCUT2D eigenvalue weighted by Gasteiger charge is 2.28. The summed E-state index contributed by atoms with van der Waals surface area (Å²) in [5.74, 6) is -0.789. The lowest BCUT2D eigenvalue weighted by molar-refractivity contribution is 0.393. The first-order valence-corrected chi connectivity index (χ1v) is 8.43. The van der Waals surface area contributed by atoms with Crippen LogP contribution >= 0.6 is 0 Å². The van der Waals surface area contributed by atoms with Gasteiger partial charge in [0.2, 0.25) is 10.0 Å². The third-order valence-corrected chi connectivity index (χ3v) is 5.11. The molecule has 2 N–H and O–H groups in total. The average Bonchev–Trinajstić information content (AvgIpc) is 2.38. The molecule has 4 nitrogen and oxygen atoms in total. The number of nitrogens with two attached hydrogens (primary N) is 1. The third kappa shape index (κ3) is 3.93. The van der Waals surface area contributed by atoms with Gasteiger partial charge in [0.1, 0.15) is 10.7 Å². The van der Waals surface area contributed by atoms with E-state index >= 15 is 0 Å². The zero-order valence-electron chi connectivity index (χ0n) is 12.1. The van der Waals surface area contributed by atoms with Crippen LogP contribution in [0.2, 0.25) is 0 Å². The number of nitrogen functional groups attached to an aromatic ring is 1. The number of halogens is 1. The molecule has 0 aromatic heterocycles. The third-order valence-electron chi connectivity index (χ3n) is 3.12. The lowest BCUT2D eigenvalue weighted by Crippen LogP contribution is -2.34. The molecule has 0 aliphatic rings. The molecule has 0 amide bonds. The Labute approximate surface area is 120 Å². The van der Waals surface area contributed by atoms with Gasteiger partial charge in [-0.2, -0.15) is 4.31 Å². The van der Waals surface area contributed by atoms with Gasteiger partial charge in [-0.1, -0.05) is 32.8 Å². The maximum atomic E-state index is 13.9. The summed E-state index contributed by atoms with van der Waals surface area (Å²) < 4.78 is 40.4. The van der Waals surface area contributed by atoms with Crippen LogP contribution in [0, 0.1) is 5.82 Å². The first-order chi connectivity index (χ1) is 9.45. The molecule has 1 aromatic carbocycles. The van der Waals surface area contributed by atoms with Crippen molar-refractivity contribution < 1.29 is 12.8 Å². The molecule has 0 saturated heterocycles. The first-order valence-electron chi connectivity index (χ1n) is 6.99. The minimum absolute atomic E-state index is 0.0389. The van der Waals surface area contributed by atoms with Crippen molar-refractivity contribution in [1.82, 2.24) is 4.31 Å². The normalized spacial score (nSPS) is 12.0. The van der Waals surface area contributed by atoms with Gasteiger partial charge in [-0.25, -0.2) is 12.8 Å². The topological polar surface area (TPSA) is 63.4 Å². The molecule has 1 rings (SSSR count). The van der Waals surface area contributed by atoms with Gasteiger partial charge in [0.05, 0.1) is 5.69 Å². The standard InChI is InChI=1S/C14H23FN2O2S/c1-3-5-10-17(11-6-4-2)20(18,19)14-12(15)8-7-9-13(14)16/h7-9H,3-6,10-11,16H2,1-2H3. The maximum Gasteiger partial charge on any atom is 0.248 e. The SMILES string of the molecule is CCCCN(CCCC)S(=O)(=O)c1c(N)cccc1F. The number of nitrogens with zero attached hydrogens (tertiary/aromatic N) is 1. The number of hydrogen-bond donors (Lipinski definition) is 1. The van der Waals surface area contributed by atoms with E-state index in [1.54, 1.807) is 0 Å². The smallest absolute Gasteiger partial charge is 0.248 e. The van der Waals surface area contributed by atoms with Crippen molar-refractivity contribution >= 4 is 15.7 Å². The molecular formula is C14H23FN2O2S. The average molecular weight is 302 g/mol. The molecule has 0 atom stereocenters. The number of benzene rings is 1. The van der Waals surface area contributed by atoms with E-state index in [4.69, 9.17) is 5.73 Å². The van der Waals surface area contributed by atoms with E-state index in [1.807, 2.05) is 13.8 Å². The molecule has 0 aliphatic heterocycles. The van der Waals surface area contributed by atoms with Crippen molar-refractivity contribution in [2.75, 3.05) is 18.8 Å². The summed E-state index contributed by atoms with van der Waals surface area (Å²) in [6.45, 7) is 4.77. The van der Waals surface area contributed by atoms with Crippen molar-refractivity contribution in [3.05, 3.63) is 24.0 Å². The summed E-state index contributed by atoms with van der Waals surface area (Å²) in [6, 6.07) is 3.95. The zero-order valence-corrected chi connectivity index (χ0v) is 12.9. The van der Waals surface area contributed by atoms with E-state index in [0.29, 0.717) is 13.1 Å². The Kier molecular flexibility index (Phi) is 6.42. The minimum atomic E-state index is -3.87. The lowest BCUT2D eigenvalue weighted by atomic mass is 10.3. The Morgan fingerprint density at radius 3 is 2.15 bits per heavy atom. The molecule has 114 valence electrons. The molecule has 0 saturated carbocycles. The predicted molar refractivity (Wildman–Crippen MR) is 79.4 cm³/mol. The van der Waals surface area contributed by atoms with E-state index in [1.165, 1.54) is 16.4 Å². The summed E-state index contributed by atoms with van der Waals surface area (Å²) in [7, 11) is -3.87. The van der Waals surface area contributed by atoms with Gasteiger partial charge in [0.25, 0.3) is 0 Å². The van der Waals surface area contributed by atoms with Gasteiger partial charge >= 0.3 is 0 Å². The van der Waals surface area contributed by atoms with Crippen LogP contribution in [0.4, 0.5) is 10.1 Å². The largest absolute Gasteiger partial charge is 0.398 e. The monoisotopic (exact) mass is 302 g/mol. The Hall–Kier alpha value is -1.14. The highest BCUT2D eigenvalue weighted by atomic mass is 32.2. The summed E-state index contributed by atoms with van der Waals surface area (Å²) in [6.07, 6.45) is 3.25. The molecule has 0 heterocycles. The van der Waals surface area contributed by atoms with E-state index < -0.39 is 20.7 Å². The first kappa shape index (κ1) is 16.9. The molecule has 1 aromatic rings. The molecule has 6 heteroatoms. The molecule has 0 unspecified atom stereocenters. The molecule has 0 bridgehead atoms. The second-order valence-corrected chi connectivity index (χ2v) is 6.64. The van der Waals surface area contributed by atoms with Crippen molar-refractivity contribution in [2.24, 2.45) is 0 Å². The Bertz CT molecular complexity index is 504. The van der Waals surface area contributed by atoms with Crippen molar-refractivity contribution in [3.63, 3.8) is 0 Å². The van der Waals surface area contributed by atoms with Crippen LogP contribution in [0.25, 0.3) is 0 Å². The van der Waals surface area contributed by atoms with Gasteiger partial charge in [0, 0.05) is 13.1 Å². The molecule has 0 radical (unpaired) electrons. The van der Waals surface area contributed by atoms with E-state index in [9.17, 15) is 12.8 Å². The zero-order chi connectivity index (χ0) is 15.2. The Morgan fingerprint density at radius 1 is 1.15 bits per heavy atom. The van der Waals surface area contributed by atoms with Gasteiger partial charge in [-0.05, 0) is 25.0 Å². The second kappa shape index (κ2) is 7.59. The fraction of sp³-hybridized carbons (Fsp3) is 0.571. The van der Waals surface area contributed by atoms with Crippen LogP contribution in [0.5, 0.6) is 0 Å². The van der Waals surface area contributed by atoms with E-state index in [2.05, 4.69) is 0 Å². The quantitative estimate of drug-likeness (QED) is 0.751. The van der Waals surface area contributed by atoms with Crippen molar-refractivity contribution in [3.8, 4) is 0 Å². The van der Waals surface area contributed by atoms with Gasteiger partial charge in [-0.3, -0.25) is 0 Å². The second-order valence-electron chi connectivity index (χ2n) is 4.77. The van der Waals surface area contributed by atoms with Crippen molar-refractivity contribution in [1.29, 1.82) is 0 Å². The summed E-state index contributed by atoms with van der Waals surface area (Å²) in [5.41, 5.74) is 5.62. The van der Waals surface area contributed by atoms with Gasteiger partial charge in [0.15, 0.2) is 0 Å². The number of sulfonamides is 1. The molecule has 0 fully saturated rings. The van der Waals surface area contributed by atoms with Gasteiger partial charge in [-0.15, -0.1) is 0 Å². The van der Waals surface area contributed by atoms with Crippen LogP contribution in [0.15, 0.2) is 23.1 Å². The van der Waals surface area contributed by atoms with Crippen LogP contribution in [-0.4, -0.2) is 25.8 Å². The minimum Gasteiger partial charge on any atom is -0.398 e. The summed E-state index contributed by atoms with van der Waals surface area (Å²) >= 11 is 0. The summed E-state index contributed by atoms with van der Waals surface area (Å²) in [4.78, 5) is -0.396. The van der Waals surface area contributed by atoms with Crippen LogP contribution in [0.1, 0.15) is 39.5 Å². The number of rotatable bonds is 8. The van der Waals surface area contributed by atoms with E-state index in [0.717, 1.165) is 31.7 Å². The molecule has 0 aliphatic carbocycles. The number of unbranched alkanes of at least 4 members (excludes halogenated alkanes) is 2. The molecular weight excluding hydrogens is 279 g/mol. The number of anilines is 1. The van der Waals surface area contributed by atoms with Crippen LogP contribution in [0.3, 0.4) is 0 Å². The van der Waals surface area contributed by atoms with E-state index in [-0.39, 0.29) is 5.69 Å². The lowest BCUT2D eigenvalue weighted by Gasteiger charge is -2.22. The van der Waals surface area contributed by atoms with Crippen LogP contribution < -0.4 is 5.73 Å². The fourth-order valence-corrected chi connectivity index (χ4v) is 3.63. The predicted octanol–water partition coefficient (Wildman–Crippen LogP) is 3.00. The number of hydrogen-bond acceptors (Lipinski definition) is 3. The fourth-order valence-electron chi connectivity index (χ4n) is 1.95. The van der Waals surface area contributed by atoms with Crippen LogP contribution in [-0.2, 0) is 10.0 Å². The molecule has 0 spiro atoms. The Morgan fingerprint density at radius 2 is 1.70 bits per heavy atom. The highest BCUT2D eigenvalue weighted by Crippen LogP contribution is 2.25. The Balaban J connectivity index is 3.14. The maximum absolute atomic E-state index is 13.9. The molecule has 20 heavy (non-hydrogen) atoms. The van der Waals surface area contributed by atoms with Gasteiger partial charge < -0.3 is 5.73 Å². The highest BCUT2D eigenvalue weighted by molar-refractivity contribution is 7.89. The summed E-state index contributed by atoms with van der Waals surface area (Å²) in [5, 5.41) is 0. The van der Waals surface area contributed by atoms with Crippen molar-refractivity contribution in [2.45, 2.75) is 44.4 Å².